The topological polar surface area (TPSA) is 39.4 Å². The number of furan rings is 1. The Morgan fingerprint density at radius 3 is 2.69 bits per heavy atom. The fourth-order valence-corrected chi connectivity index (χ4v) is 0.933. The number of carbonyl (C=O) groups excluding carboxylic acids is 1. The van der Waals surface area contributed by atoms with Crippen LogP contribution in [0.1, 0.15) is 26.5 Å². The van der Waals surface area contributed by atoms with E-state index in [1.165, 1.54) is 0 Å². The molecule has 0 atom stereocenters. The fraction of sp³-hybridized carbons (Fsp3) is 0.500. The first-order chi connectivity index (χ1) is 5.97. The van der Waals surface area contributed by atoms with Crippen molar-refractivity contribution in [2.45, 2.75) is 32.8 Å². The molecule has 0 aliphatic carbocycles. The van der Waals surface area contributed by atoms with E-state index in [0.717, 1.165) is 0 Å². The molecule has 0 saturated carbocycles. The number of rotatable bonds is 2. The van der Waals surface area contributed by atoms with Crippen LogP contribution in [-0.4, -0.2) is 11.6 Å². The van der Waals surface area contributed by atoms with Crippen molar-refractivity contribution in [1.29, 1.82) is 0 Å². The molecule has 72 valence electrons. The van der Waals surface area contributed by atoms with Gasteiger partial charge in [-0.15, -0.1) is 0 Å². The number of carbonyl (C=O) groups is 1. The standard InChI is InChI=1S/C10H14O3/c1-10(2,3)13-9(11)7-8-5-4-6-12-8/h4-6H,7H2,1-3H3. The number of hydrogen-bond acceptors (Lipinski definition) is 3. The second kappa shape index (κ2) is 3.64. The molecule has 0 unspecified atom stereocenters. The normalized spacial score (nSPS) is 11.3. The molecule has 1 rings (SSSR count). The average Bonchev–Trinajstić information content (AvgIpc) is 2.34. The molecule has 0 spiro atoms. The van der Waals surface area contributed by atoms with E-state index in [2.05, 4.69) is 0 Å². The van der Waals surface area contributed by atoms with Crippen LogP contribution < -0.4 is 0 Å². The minimum atomic E-state index is -0.427. The van der Waals surface area contributed by atoms with E-state index in [1.807, 2.05) is 20.8 Å². The SMILES string of the molecule is CC(C)(C)OC(=O)Cc1ccco1. The highest BCUT2D eigenvalue weighted by Crippen LogP contribution is 2.10. The van der Waals surface area contributed by atoms with E-state index in [0.29, 0.717) is 5.76 Å². The van der Waals surface area contributed by atoms with Crippen molar-refractivity contribution in [3.63, 3.8) is 0 Å². The zero-order valence-electron chi connectivity index (χ0n) is 8.16. The second-order valence-corrected chi connectivity index (χ2v) is 3.84. The quantitative estimate of drug-likeness (QED) is 0.658. The van der Waals surface area contributed by atoms with Crippen LogP contribution in [0.3, 0.4) is 0 Å². The highest BCUT2D eigenvalue weighted by molar-refractivity contribution is 5.72. The summed E-state index contributed by atoms with van der Waals surface area (Å²) >= 11 is 0. The minimum Gasteiger partial charge on any atom is -0.469 e. The summed E-state index contributed by atoms with van der Waals surface area (Å²) in [5.41, 5.74) is -0.427. The fourth-order valence-electron chi connectivity index (χ4n) is 0.933. The molecule has 0 aromatic carbocycles. The largest absolute Gasteiger partial charge is 0.469 e. The van der Waals surface area contributed by atoms with E-state index in [1.54, 1.807) is 18.4 Å². The van der Waals surface area contributed by atoms with Gasteiger partial charge < -0.3 is 9.15 Å². The van der Waals surface area contributed by atoms with Crippen molar-refractivity contribution in [3.8, 4) is 0 Å². The maximum Gasteiger partial charge on any atom is 0.314 e. The lowest BCUT2D eigenvalue weighted by molar-refractivity contribution is -0.154. The summed E-state index contributed by atoms with van der Waals surface area (Å²) in [5, 5.41) is 0. The molecule has 0 bridgehead atoms. The number of hydrogen-bond donors (Lipinski definition) is 0. The Morgan fingerprint density at radius 1 is 1.54 bits per heavy atom. The van der Waals surface area contributed by atoms with Gasteiger partial charge in [-0.05, 0) is 32.9 Å². The predicted octanol–water partition coefficient (Wildman–Crippen LogP) is 2.16. The lowest BCUT2D eigenvalue weighted by Crippen LogP contribution is -2.24. The van der Waals surface area contributed by atoms with Crippen LogP contribution in [-0.2, 0) is 16.0 Å². The zero-order chi connectivity index (χ0) is 9.90. The molecule has 0 N–H and O–H groups in total. The lowest BCUT2D eigenvalue weighted by atomic mass is 10.2. The number of esters is 1. The first kappa shape index (κ1) is 9.84. The Balaban J connectivity index is 2.43. The van der Waals surface area contributed by atoms with E-state index in [4.69, 9.17) is 9.15 Å². The van der Waals surface area contributed by atoms with Crippen LogP contribution in [0, 0.1) is 0 Å². The van der Waals surface area contributed by atoms with Crippen molar-refractivity contribution in [1.82, 2.24) is 0 Å². The van der Waals surface area contributed by atoms with Gasteiger partial charge in [0.2, 0.25) is 0 Å². The van der Waals surface area contributed by atoms with E-state index in [9.17, 15) is 4.79 Å². The maximum atomic E-state index is 11.2. The van der Waals surface area contributed by atoms with Crippen LogP contribution in [0.4, 0.5) is 0 Å². The van der Waals surface area contributed by atoms with Crippen LogP contribution in [0.2, 0.25) is 0 Å². The van der Waals surface area contributed by atoms with Gasteiger partial charge in [0.1, 0.15) is 17.8 Å². The summed E-state index contributed by atoms with van der Waals surface area (Å²) in [4.78, 5) is 11.2. The molecule has 0 amide bonds. The average molecular weight is 182 g/mol. The first-order valence-electron chi connectivity index (χ1n) is 4.21. The summed E-state index contributed by atoms with van der Waals surface area (Å²) in [5.74, 6) is 0.372. The van der Waals surface area contributed by atoms with Crippen molar-refractivity contribution in [3.05, 3.63) is 24.2 Å². The summed E-state index contributed by atoms with van der Waals surface area (Å²) < 4.78 is 10.1. The lowest BCUT2D eigenvalue weighted by Gasteiger charge is -2.18. The Kier molecular flexibility index (Phi) is 2.76. The molecular weight excluding hydrogens is 168 g/mol. The monoisotopic (exact) mass is 182 g/mol. The molecule has 0 aliphatic rings. The molecule has 1 aromatic heterocycles. The molecule has 3 nitrogen and oxygen atoms in total. The van der Waals surface area contributed by atoms with Gasteiger partial charge >= 0.3 is 5.97 Å². The van der Waals surface area contributed by atoms with E-state index >= 15 is 0 Å². The van der Waals surface area contributed by atoms with Gasteiger partial charge in [0.15, 0.2) is 0 Å². The molecule has 3 heteroatoms. The second-order valence-electron chi connectivity index (χ2n) is 3.84. The van der Waals surface area contributed by atoms with Gasteiger partial charge in [0.05, 0.1) is 6.26 Å². The van der Waals surface area contributed by atoms with Gasteiger partial charge in [-0.1, -0.05) is 0 Å². The third-order valence-corrected chi connectivity index (χ3v) is 1.32. The first-order valence-corrected chi connectivity index (χ1v) is 4.21. The summed E-state index contributed by atoms with van der Waals surface area (Å²) in [6.45, 7) is 5.52. The molecule has 1 heterocycles. The summed E-state index contributed by atoms with van der Waals surface area (Å²) in [6, 6.07) is 3.50. The molecule has 13 heavy (non-hydrogen) atoms. The zero-order valence-corrected chi connectivity index (χ0v) is 8.16. The van der Waals surface area contributed by atoms with E-state index < -0.39 is 5.60 Å². The maximum absolute atomic E-state index is 11.2. The third kappa shape index (κ3) is 3.78. The summed E-state index contributed by atoms with van der Waals surface area (Å²) in [7, 11) is 0. The van der Waals surface area contributed by atoms with Crippen molar-refractivity contribution in [2.24, 2.45) is 0 Å². The highest BCUT2D eigenvalue weighted by atomic mass is 16.6. The Labute approximate surface area is 77.7 Å². The van der Waals surface area contributed by atoms with Crippen LogP contribution in [0.15, 0.2) is 22.8 Å². The Bertz CT molecular complexity index is 267. The van der Waals surface area contributed by atoms with Crippen LogP contribution in [0.5, 0.6) is 0 Å². The Morgan fingerprint density at radius 2 is 2.23 bits per heavy atom. The van der Waals surface area contributed by atoms with Gasteiger partial charge in [-0.2, -0.15) is 0 Å². The van der Waals surface area contributed by atoms with Crippen molar-refractivity contribution in [2.75, 3.05) is 0 Å². The minimum absolute atomic E-state index is 0.199. The third-order valence-electron chi connectivity index (χ3n) is 1.32. The van der Waals surface area contributed by atoms with Crippen LogP contribution in [0.25, 0.3) is 0 Å². The molecule has 0 radical (unpaired) electrons. The van der Waals surface area contributed by atoms with Gasteiger partial charge in [0, 0.05) is 0 Å². The van der Waals surface area contributed by atoms with Gasteiger partial charge in [-0.25, -0.2) is 0 Å². The van der Waals surface area contributed by atoms with Gasteiger partial charge in [-0.3, -0.25) is 4.79 Å². The summed E-state index contributed by atoms with van der Waals surface area (Å²) in [6.07, 6.45) is 1.74. The molecule has 0 fully saturated rings. The highest BCUT2D eigenvalue weighted by Gasteiger charge is 2.16. The molecule has 1 aromatic rings. The van der Waals surface area contributed by atoms with E-state index in [-0.39, 0.29) is 12.4 Å². The molecule has 0 saturated heterocycles. The van der Waals surface area contributed by atoms with Crippen molar-refractivity contribution >= 4 is 5.97 Å². The smallest absolute Gasteiger partial charge is 0.314 e. The van der Waals surface area contributed by atoms with Crippen LogP contribution >= 0.6 is 0 Å². The predicted molar refractivity (Wildman–Crippen MR) is 48.3 cm³/mol. The molecule has 0 aliphatic heterocycles. The Hall–Kier alpha value is -1.25. The molecular formula is C10H14O3. The van der Waals surface area contributed by atoms with Gasteiger partial charge in [0.25, 0.3) is 0 Å². The van der Waals surface area contributed by atoms with Crippen molar-refractivity contribution < 1.29 is 13.9 Å². The number of ether oxygens (including phenoxy) is 1.